The largest absolute Gasteiger partial charge is 0.325 e. The molecule has 0 amide bonds. The summed E-state index contributed by atoms with van der Waals surface area (Å²) in [7, 11) is -3.19. The molecular weight excluding hydrogens is 250 g/mol. The van der Waals surface area contributed by atoms with E-state index in [0.29, 0.717) is 0 Å². The number of nitrogens with two attached hydrogens (primary N) is 1. The van der Waals surface area contributed by atoms with E-state index >= 15 is 0 Å². The number of nitrogens with zero attached hydrogens (tertiary/aromatic N) is 2. The van der Waals surface area contributed by atoms with Crippen molar-refractivity contribution in [1.29, 1.82) is 0 Å². The van der Waals surface area contributed by atoms with Crippen LogP contribution < -0.4 is 5.73 Å². The molecule has 2 atom stereocenters. The summed E-state index contributed by atoms with van der Waals surface area (Å²) in [5, 5.41) is 4.18. The van der Waals surface area contributed by atoms with Gasteiger partial charge in [-0.05, 0) is 18.3 Å². The zero-order valence-electron chi connectivity index (χ0n) is 11.1. The van der Waals surface area contributed by atoms with Gasteiger partial charge in [0.2, 0.25) is 0 Å². The number of hydrogen-bond donors (Lipinski definition) is 1. The molecule has 102 valence electrons. The van der Waals surface area contributed by atoms with Gasteiger partial charge in [0.05, 0.1) is 12.2 Å². The molecule has 0 bridgehead atoms. The SMILES string of the molecule is CC1(C)CCCC(n2cc(S(C)(=O)=O)cn2)C1N. The van der Waals surface area contributed by atoms with Crippen LogP contribution in [0.25, 0.3) is 0 Å². The highest BCUT2D eigenvalue weighted by atomic mass is 32.2. The predicted octanol–water partition coefficient (Wildman–Crippen LogP) is 1.37. The zero-order valence-corrected chi connectivity index (χ0v) is 11.9. The second-order valence-electron chi connectivity index (χ2n) is 5.90. The van der Waals surface area contributed by atoms with Gasteiger partial charge in [0.1, 0.15) is 4.90 Å². The van der Waals surface area contributed by atoms with Crippen LogP contribution in [0.15, 0.2) is 17.3 Å². The van der Waals surface area contributed by atoms with Gasteiger partial charge in [-0.1, -0.05) is 20.3 Å². The molecule has 2 rings (SSSR count). The minimum atomic E-state index is -3.19. The molecule has 1 aromatic rings. The predicted molar refractivity (Wildman–Crippen MR) is 70.0 cm³/mol. The van der Waals surface area contributed by atoms with Crippen LogP contribution in [-0.4, -0.2) is 30.5 Å². The van der Waals surface area contributed by atoms with Gasteiger partial charge in [-0.3, -0.25) is 4.68 Å². The summed E-state index contributed by atoms with van der Waals surface area (Å²) in [5.41, 5.74) is 6.37. The molecule has 0 aliphatic heterocycles. The van der Waals surface area contributed by atoms with E-state index in [0.717, 1.165) is 19.3 Å². The van der Waals surface area contributed by atoms with Crippen molar-refractivity contribution < 1.29 is 8.42 Å². The second kappa shape index (κ2) is 4.35. The lowest BCUT2D eigenvalue weighted by atomic mass is 9.71. The Labute approximate surface area is 108 Å². The fourth-order valence-corrected chi connectivity index (χ4v) is 3.16. The van der Waals surface area contributed by atoms with Gasteiger partial charge in [-0.25, -0.2) is 8.42 Å². The topological polar surface area (TPSA) is 78.0 Å². The molecule has 1 aromatic heterocycles. The molecule has 1 aliphatic rings. The lowest BCUT2D eigenvalue weighted by Crippen LogP contribution is -2.47. The van der Waals surface area contributed by atoms with Crippen LogP contribution in [0.5, 0.6) is 0 Å². The average Bonchev–Trinajstić information content (AvgIpc) is 2.70. The zero-order chi connectivity index (χ0) is 13.6. The normalized spacial score (nSPS) is 28.2. The molecule has 5 nitrogen and oxygen atoms in total. The van der Waals surface area contributed by atoms with Gasteiger partial charge in [0.25, 0.3) is 0 Å². The summed E-state index contributed by atoms with van der Waals surface area (Å²) in [6.45, 7) is 4.32. The summed E-state index contributed by atoms with van der Waals surface area (Å²) in [6.07, 6.45) is 7.35. The Balaban J connectivity index is 2.29. The van der Waals surface area contributed by atoms with E-state index in [1.54, 1.807) is 10.9 Å². The fourth-order valence-electron chi connectivity index (χ4n) is 2.62. The van der Waals surface area contributed by atoms with E-state index in [1.165, 1.54) is 12.5 Å². The first-order valence-corrected chi connectivity index (χ1v) is 8.11. The summed E-state index contributed by atoms with van der Waals surface area (Å²) < 4.78 is 24.6. The maximum atomic E-state index is 11.5. The van der Waals surface area contributed by atoms with E-state index < -0.39 is 9.84 Å². The van der Waals surface area contributed by atoms with Crippen LogP contribution in [0, 0.1) is 5.41 Å². The monoisotopic (exact) mass is 271 g/mol. The van der Waals surface area contributed by atoms with Crippen molar-refractivity contribution >= 4 is 9.84 Å². The third kappa shape index (κ3) is 2.44. The van der Waals surface area contributed by atoms with Gasteiger partial charge >= 0.3 is 0 Å². The Bertz CT molecular complexity index is 533. The molecule has 0 aromatic carbocycles. The van der Waals surface area contributed by atoms with Crippen molar-refractivity contribution in [2.75, 3.05) is 6.26 Å². The van der Waals surface area contributed by atoms with Crippen molar-refractivity contribution in [3.8, 4) is 0 Å². The second-order valence-corrected chi connectivity index (χ2v) is 7.92. The Morgan fingerprint density at radius 1 is 1.50 bits per heavy atom. The molecule has 2 N–H and O–H groups in total. The van der Waals surface area contributed by atoms with Crippen LogP contribution in [0.2, 0.25) is 0 Å². The Morgan fingerprint density at radius 3 is 2.72 bits per heavy atom. The molecule has 1 fully saturated rings. The van der Waals surface area contributed by atoms with Gasteiger partial charge in [0, 0.05) is 18.5 Å². The highest BCUT2D eigenvalue weighted by Gasteiger charge is 2.37. The van der Waals surface area contributed by atoms with Crippen LogP contribution in [-0.2, 0) is 9.84 Å². The van der Waals surface area contributed by atoms with Crippen molar-refractivity contribution in [3.63, 3.8) is 0 Å². The van der Waals surface area contributed by atoms with Gasteiger partial charge in [0.15, 0.2) is 9.84 Å². The van der Waals surface area contributed by atoms with Gasteiger partial charge in [-0.15, -0.1) is 0 Å². The minimum Gasteiger partial charge on any atom is -0.325 e. The maximum absolute atomic E-state index is 11.5. The Morgan fingerprint density at radius 2 is 2.17 bits per heavy atom. The van der Waals surface area contributed by atoms with E-state index in [4.69, 9.17) is 5.73 Å². The third-order valence-corrected chi connectivity index (χ3v) is 5.05. The Kier molecular flexibility index (Phi) is 3.27. The first-order chi connectivity index (χ1) is 8.22. The third-order valence-electron chi connectivity index (χ3n) is 3.98. The van der Waals surface area contributed by atoms with Crippen molar-refractivity contribution in [2.45, 2.75) is 50.1 Å². The van der Waals surface area contributed by atoms with E-state index in [-0.39, 0.29) is 22.4 Å². The molecule has 0 radical (unpaired) electrons. The first kappa shape index (κ1) is 13.5. The van der Waals surface area contributed by atoms with Gasteiger partial charge in [-0.2, -0.15) is 5.10 Å². The lowest BCUT2D eigenvalue weighted by molar-refractivity contribution is 0.135. The summed E-state index contributed by atoms with van der Waals surface area (Å²) in [4.78, 5) is 0.262. The van der Waals surface area contributed by atoms with Crippen LogP contribution in [0.3, 0.4) is 0 Å². The number of sulfone groups is 1. The standard InChI is InChI=1S/C12H21N3O2S/c1-12(2)6-4-5-10(11(12)13)15-8-9(7-14-15)18(3,16)17/h7-8,10-11H,4-6,13H2,1-3H3. The van der Waals surface area contributed by atoms with Crippen molar-refractivity contribution in [1.82, 2.24) is 9.78 Å². The van der Waals surface area contributed by atoms with Crippen LogP contribution in [0.4, 0.5) is 0 Å². The minimum absolute atomic E-state index is 0.00133. The molecule has 2 unspecified atom stereocenters. The summed E-state index contributed by atoms with van der Waals surface area (Å²) in [6, 6.07) is 0.0859. The van der Waals surface area contributed by atoms with Crippen molar-refractivity contribution in [2.24, 2.45) is 11.1 Å². The molecule has 1 aliphatic carbocycles. The van der Waals surface area contributed by atoms with E-state index in [2.05, 4.69) is 18.9 Å². The lowest BCUT2D eigenvalue weighted by Gasteiger charge is -2.41. The number of aromatic nitrogens is 2. The summed E-state index contributed by atoms with van der Waals surface area (Å²) >= 11 is 0. The van der Waals surface area contributed by atoms with Crippen LogP contribution in [0.1, 0.15) is 39.2 Å². The highest BCUT2D eigenvalue weighted by molar-refractivity contribution is 7.90. The van der Waals surface area contributed by atoms with E-state index in [1.807, 2.05) is 0 Å². The smallest absolute Gasteiger partial charge is 0.178 e. The quantitative estimate of drug-likeness (QED) is 0.881. The molecule has 18 heavy (non-hydrogen) atoms. The van der Waals surface area contributed by atoms with Gasteiger partial charge < -0.3 is 5.73 Å². The fraction of sp³-hybridized carbons (Fsp3) is 0.750. The highest BCUT2D eigenvalue weighted by Crippen LogP contribution is 2.39. The molecular formula is C12H21N3O2S. The molecule has 1 heterocycles. The molecule has 6 heteroatoms. The average molecular weight is 271 g/mol. The molecule has 0 spiro atoms. The number of rotatable bonds is 2. The molecule has 1 saturated carbocycles. The molecule has 0 saturated heterocycles. The summed E-state index contributed by atoms with van der Waals surface area (Å²) in [5.74, 6) is 0. The first-order valence-electron chi connectivity index (χ1n) is 6.21. The van der Waals surface area contributed by atoms with E-state index in [9.17, 15) is 8.42 Å². The van der Waals surface area contributed by atoms with Crippen LogP contribution >= 0.6 is 0 Å². The van der Waals surface area contributed by atoms with Crippen molar-refractivity contribution in [3.05, 3.63) is 12.4 Å². The Hall–Kier alpha value is -0.880. The number of hydrogen-bond acceptors (Lipinski definition) is 4. The maximum Gasteiger partial charge on any atom is 0.178 e.